The van der Waals surface area contributed by atoms with Crippen LogP contribution in [0, 0.1) is 13.8 Å². The Kier molecular flexibility index (Phi) is 5.20. The van der Waals surface area contributed by atoms with Gasteiger partial charge in [-0.15, -0.1) is 0 Å². The van der Waals surface area contributed by atoms with Crippen molar-refractivity contribution in [3.8, 4) is 5.75 Å². The minimum absolute atomic E-state index is 0.0784. The zero-order valence-electron chi connectivity index (χ0n) is 12.8. The summed E-state index contributed by atoms with van der Waals surface area (Å²) >= 11 is 1.61. The van der Waals surface area contributed by atoms with Crippen molar-refractivity contribution in [1.29, 1.82) is 0 Å². The predicted octanol–water partition coefficient (Wildman–Crippen LogP) is 3.28. The fraction of sp³-hybridized carbons (Fsp3) is 0.375. The Morgan fingerprint density at radius 3 is 2.19 bits per heavy atom. The molecule has 2 unspecified atom stereocenters. The number of ether oxygens (including phenoxy) is 1. The molecule has 0 spiro atoms. The summed E-state index contributed by atoms with van der Waals surface area (Å²) in [5.74, 6) is 0.837. The van der Waals surface area contributed by atoms with Crippen LogP contribution in [-0.4, -0.2) is 22.3 Å². The first-order valence-electron chi connectivity index (χ1n) is 6.88. The molecule has 5 heteroatoms. The van der Waals surface area contributed by atoms with Crippen LogP contribution in [0.4, 0.5) is 0 Å². The summed E-state index contributed by atoms with van der Waals surface area (Å²) in [5.41, 5.74) is 9.38. The van der Waals surface area contributed by atoms with Crippen molar-refractivity contribution in [1.82, 2.24) is 9.97 Å². The number of aromatic nitrogens is 2. The molecule has 0 bridgehead atoms. The van der Waals surface area contributed by atoms with Gasteiger partial charge in [-0.3, -0.25) is 0 Å². The van der Waals surface area contributed by atoms with Gasteiger partial charge in [-0.1, -0.05) is 30.8 Å². The number of hydrogen-bond donors (Lipinski definition) is 1. The van der Waals surface area contributed by atoms with E-state index >= 15 is 0 Å². The number of aryl methyl sites for hydroxylation is 2. The minimum Gasteiger partial charge on any atom is -0.497 e. The highest BCUT2D eigenvalue weighted by molar-refractivity contribution is 7.99. The molecule has 21 heavy (non-hydrogen) atoms. The third-order valence-electron chi connectivity index (χ3n) is 3.26. The molecule has 2 aromatic rings. The fourth-order valence-corrected chi connectivity index (χ4v) is 3.11. The first-order valence-corrected chi connectivity index (χ1v) is 7.76. The van der Waals surface area contributed by atoms with E-state index in [0.29, 0.717) is 0 Å². The smallest absolute Gasteiger partial charge is 0.188 e. The van der Waals surface area contributed by atoms with E-state index in [0.717, 1.165) is 27.9 Å². The summed E-state index contributed by atoms with van der Waals surface area (Å²) in [6, 6.07) is 9.76. The molecule has 2 N–H and O–H groups in total. The number of nitrogens with two attached hydrogens (primary N) is 1. The van der Waals surface area contributed by atoms with Gasteiger partial charge in [0.15, 0.2) is 5.16 Å². The summed E-state index contributed by atoms with van der Waals surface area (Å²) in [6.07, 6.45) is 0. The summed E-state index contributed by atoms with van der Waals surface area (Å²) in [6.45, 7) is 6.06. The van der Waals surface area contributed by atoms with Crippen LogP contribution in [0.15, 0.2) is 35.5 Å². The van der Waals surface area contributed by atoms with Crippen LogP contribution >= 0.6 is 11.8 Å². The monoisotopic (exact) mass is 303 g/mol. The number of methoxy groups -OCH3 is 1. The highest BCUT2D eigenvalue weighted by atomic mass is 32.2. The van der Waals surface area contributed by atoms with Crippen LogP contribution in [0.1, 0.15) is 29.9 Å². The summed E-state index contributed by atoms with van der Waals surface area (Å²) < 4.78 is 5.17. The second-order valence-corrected chi connectivity index (χ2v) is 6.40. The largest absolute Gasteiger partial charge is 0.497 e. The van der Waals surface area contributed by atoms with Gasteiger partial charge in [0.1, 0.15) is 5.75 Å². The van der Waals surface area contributed by atoms with Crippen LogP contribution < -0.4 is 10.5 Å². The zero-order chi connectivity index (χ0) is 15.4. The lowest BCUT2D eigenvalue weighted by Gasteiger charge is -2.19. The molecule has 112 valence electrons. The quantitative estimate of drug-likeness (QED) is 0.678. The number of nitrogens with zero attached hydrogens (tertiary/aromatic N) is 2. The maximum Gasteiger partial charge on any atom is 0.188 e. The summed E-state index contributed by atoms with van der Waals surface area (Å²) in [5, 5.41) is 0.962. The molecule has 0 saturated heterocycles. The maximum atomic E-state index is 6.34. The van der Waals surface area contributed by atoms with Gasteiger partial charge >= 0.3 is 0 Å². The van der Waals surface area contributed by atoms with Crippen LogP contribution in [0.2, 0.25) is 0 Å². The van der Waals surface area contributed by atoms with Gasteiger partial charge in [-0.05, 0) is 37.6 Å². The molecule has 0 amide bonds. The molecule has 1 aromatic carbocycles. The summed E-state index contributed by atoms with van der Waals surface area (Å²) in [7, 11) is 1.66. The van der Waals surface area contributed by atoms with E-state index in [1.807, 2.05) is 44.2 Å². The van der Waals surface area contributed by atoms with Gasteiger partial charge in [-0.25, -0.2) is 9.97 Å². The Labute approximate surface area is 130 Å². The molecule has 0 aliphatic heterocycles. The third-order valence-corrected chi connectivity index (χ3v) is 4.32. The van der Waals surface area contributed by atoms with Crippen molar-refractivity contribution < 1.29 is 4.74 Å². The average Bonchev–Trinajstić information content (AvgIpc) is 2.45. The molecule has 1 aromatic heterocycles. The first-order chi connectivity index (χ1) is 9.99. The molecule has 0 aliphatic carbocycles. The van der Waals surface area contributed by atoms with Crippen LogP contribution in [0.5, 0.6) is 5.75 Å². The molecule has 0 saturated carbocycles. The highest BCUT2D eigenvalue weighted by Gasteiger charge is 2.17. The van der Waals surface area contributed by atoms with Crippen LogP contribution in [0.3, 0.4) is 0 Å². The minimum atomic E-state index is -0.0784. The summed E-state index contributed by atoms with van der Waals surface area (Å²) in [4.78, 5) is 8.91. The second kappa shape index (κ2) is 6.91. The van der Waals surface area contributed by atoms with Crippen molar-refractivity contribution in [3.05, 3.63) is 47.3 Å². The Hall–Kier alpha value is -1.59. The van der Waals surface area contributed by atoms with E-state index in [1.165, 1.54) is 0 Å². The van der Waals surface area contributed by atoms with Crippen molar-refractivity contribution in [2.75, 3.05) is 7.11 Å². The molecule has 4 nitrogen and oxygen atoms in total. The molecule has 2 rings (SSSR count). The number of benzene rings is 1. The molecular weight excluding hydrogens is 282 g/mol. The van der Waals surface area contributed by atoms with Crippen LogP contribution in [0.25, 0.3) is 0 Å². The van der Waals surface area contributed by atoms with Crippen molar-refractivity contribution >= 4 is 11.8 Å². The lowest BCUT2D eigenvalue weighted by atomic mass is 10.1. The van der Waals surface area contributed by atoms with Crippen LogP contribution in [-0.2, 0) is 0 Å². The van der Waals surface area contributed by atoms with Gasteiger partial charge in [0, 0.05) is 22.7 Å². The van der Waals surface area contributed by atoms with Gasteiger partial charge in [0.2, 0.25) is 0 Å². The molecule has 1 heterocycles. The van der Waals surface area contributed by atoms with E-state index in [4.69, 9.17) is 10.5 Å². The number of thioether (sulfide) groups is 1. The molecule has 0 aliphatic rings. The zero-order valence-corrected chi connectivity index (χ0v) is 13.6. The van der Waals surface area contributed by atoms with E-state index in [2.05, 4.69) is 16.9 Å². The maximum absolute atomic E-state index is 6.34. The van der Waals surface area contributed by atoms with E-state index in [-0.39, 0.29) is 11.3 Å². The van der Waals surface area contributed by atoms with Gasteiger partial charge in [0.05, 0.1) is 7.11 Å². The first kappa shape index (κ1) is 15.8. The third kappa shape index (κ3) is 4.19. The predicted molar refractivity (Wildman–Crippen MR) is 86.7 cm³/mol. The Bertz CT molecular complexity index is 581. The van der Waals surface area contributed by atoms with Gasteiger partial charge in [0.25, 0.3) is 0 Å². The van der Waals surface area contributed by atoms with Gasteiger partial charge < -0.3 is 10.5 Å². The Morgan fingerprint density at radius 1 is 1.10 bits per heavy atom. The Morgan fingerprint density at radius 2 is 1.67 bits per heavy atom. The van der Waals surface area contributed by atoms with Crippen molar-refractivity contribution in [2.45, 2.75) is 37.2 Å². The van der Waals surface area contributed by atoms with Crippen molar-refractivity contribution in [3.63, 3.8) is 0 Å². The molecule has 0 fully saturated rings. The highest BCUT2D eigenvalue weighted by Crippen LogP contribution is 2.29. The molecule has 0 radical (unpaired) electrons. The number of hydrogen-bond acceptors (Lipinski definition) is 5. The molecule has 2 atom stereocenters. The van der Waals surface area contributed by atoms with Crippen molar-refractivity contribution in [2.24, 2.45) is 5.73 Å². The SMILES string of the molecule is COc1ccc(C(N)C(C)Sc2nc(C)cc(C)n2)cc1. The normalized spacial score (nSPS) is 13.8. The van der Waals surface area contributed by atoms with Gasteiger partial charge in [-0.2, -0.15) is 0 Å². The standard InChI is InChI=1S/C16H21N3OS/c1-10-9-11(2)19-16(18-10)21-12(3)15(17)13-5-7-14(20-4)8-6-13/h5-9,12,15H,17H2,1-4H3. The lowest BCUT2D eigenvalue weighted by molar-refractivity contribution is 0.414. The van der Waals surface area contributed by atoms with E-state index in [9.17, 15) is 0 Å². The topological polar surface area (TPSA) is 61.0 Å². The van der Waals surface area contributed by atoms with E-state index < -0.39 is 0 Å². The lowest BCUT2D eigenvalue weighted by Crippen LogP contribution is -2.21. The fourth-order valence-electron chi connectivity index (χ4n) is 2.08. The Balaban J connectivity index is 2.09. The average molecular weight is 303 g/mol. The molecular formula is C16H21N3OS. The van der Waals surface area contributed by atoms with E-state index in [1.54, 1.807) is 18.9 Å². The second-order valence-electron chi connectivity index (χ2n) is 5.06. The number of rotatable bonds is 5.